The lowest BCUT2D eigenvalue weighted by Crippen LogP contribution is -2.24. The Morgan fingerprint density at radius 2 is 2.14 bits per heavy atom. The highest BCUT2D eigenvalue weighted by Crippen LogP contribution is 2.11. The van der Waals surface area contributed by atoms with Crippen molar-refractivity contribution in [2.75, 3.05) is 0 Å². The first-order valence-electron chi connectivity index (χ1n) is 4.36. The molecule has 1 aromatic rings. The minimum Gasteiger partial charge on any atom is -0.538 e. The van der Waals surface area contributed by atoms with Crippen LogP contribution in [-0.2, 0) is 4.65 Å². The SMILES string of the molecule is CC(C)(C)OBOc1ccnc(F)c1. The molecule has 0 fully saturated rings. The predicted molar refractivity (Wildman–Crippen MR) is 52.8 cm³/mol. The maximum Gasteiger partial charge on any atom is 0.507 e. The van der Waals surface area contributed by atoms with Crippen LogP contribution in [0.25, 0.3) is 0 Å². The van der Waals surface area contributed by atoms with Gasteiger partial charge in [0.1, 0.15) is 5.75 Å². The maximum atomic E-state index is 12.6. The van der Waals surface area contributed by atoms with Gasteiger partial charge in [-0.2, -0.15) is 4.39 Å². The van der Waals surface area contributed by atoms with Gasteiger partial charge in [0.15, 0.2) is 0 Å². The van der Waals surface area contributed by atoms with E-state index in [4.69, 9.17) is 9.31 Å². The molecule has 0 radical (unpaired) electrons. The number of rotatable bonds is 3. The second-order valence-electron chi connectivity index (χ2n) is 3.83. The molecule has 0 aromatic carbocycles. The van der Waals surface area contributed by atoms with E-state index in [2.05, 4.69) is 4.98 Å². The van der Waals surface area contributed by atoms with Gasteiger partial charge in [-0.05, 0) is 26.8 Å². The average molecular weight is 197 g/mol. The molecule has 1 aromatic heterocycles. The average Bonchev–Trinajstić information content (AvgIpc) is 2.01. The highest BCUT2D eigenvalue weighted by Gasteiger charge is 2.11. The summed E-state index contributed by atoms with van der Waals surface area (Å²) in [6.07, 6.45) is 1.35. The summed E-state index contributed by atoms with van der Waals surface area (Å²) in [6, 6.07) is 2.79. The lowest BCUT2D eigenvalue weighted by atomic mass is 10.1. The maximum absolute atomic E-state index is 12.6. The second-order valence-corrected chi connectivity index (χ2v) is 3.83. The highest BCUT2D eigenvalue weighted by molar-refractivity contribution is 6.19. The van der Waals surface area contributed by atoms with Gasteiger partial charge in [-0.25, -0.2) is 4.98 Å². The van der Waals surface area contributed by atoms with E-state index in [1.807, 2.05) is 20.8 Å². The van der Waals surface area contributed by atoms with Crippen molar-refractivity contribution in [1.29, 1.82) is 0 Å². The minimum absolute atomic E-state index is 0.104. The van der Waals surface area contributed by atoms with Gasteiger partial charge in [0, 0.05) is 17.9 Å². The van der Waals surface area contributed by atoms with Crippen LogP contribution in [0.5, 0.6) is 5.75 Å². The standard InChI is InChI=1S/C9H13BFNO2/c1-9(2,3)14-10-13-7-4-5-12-8(11)6-7/h4-6,10H,1-3H3. The molecule has 0 aliphatic rings. The molecule has 0 amide bonds. The van der Waals surface area contributed by atoms with Crippen LogP contribution in [0.2, 0.25) is 0 Å². The molecule has 1 rings (SSSR count). The highest BCUT2D eigenvalue weighted by atomic mass is 19.1. The molecule has 0 N–H and O–H groups in total. The van der Waals surface area contributed by atoms with Crippen LogP contribution in [-0.4, -0.2) is 18.3 Å². The summed E-state index contributed by atoms with van der Waals surface area (Å²) in [7, 11) is 0.104. The zero-order valence-electron chi connectivity index (χ0n) is 8.58. The number of hydrogen-bond acceptors (Lipinski definition) is 3. The summed E-state index contributed by atoms with van der Waals surface area (Å²) in [5.74, 6) is -0.139. The van der Waals surface area contributed by atoms with Crippen LogP contribution in [0.3, 0.4) is 0 Å². The molecule has 0 saturated heterocycles. The van der Waals surface area contributed by atoms with Crippen LogP contribution in [0.15, 0.2) is 18.3 Å². The molecule has 0 spiro atoms. The van der Waals surface area contributed by atoms with Crippen molar-refractivity contribution in [3.05, 3.63) is 24.3 Å². The van der Waals surface area contributed by atoms with E-state index in [9.17, 15) is 4.39 Å². The summed E-state index contributed by atoms with van der Waals surface area (Å²) in [4.78, 5) is 3.41. The summed E-state index contributed by atoms with van der Waals surface area (Å²) in [6.45, 7) is 5.76. The molecule has 0 aliphatic carbocycles. The van der Waals surface area contributed by atoms with Crippen LogP contribution in [0.4, 0.5) is 4.39 Å². The van der Waals surface area contributed by atoms with Crippen molar-refractivity contribution in [1.82, 2.24) is 4.98 Å². The number of hydrogen-bond donors (Lipinski definition) is 0. The topological polar surface area (TPSA) is 31.4 Å². The largest absolute Gasteiger partial charge is 0.538 e. The van der Waals surface area contributed by atoms with E-state index in [-0.39, 0.29) is 13.3 Å². The molecule has 0 unspecified atom stereocenters. The summed E-state index contributed by atoms with van der Waals surface area (Å²) in [5.41, 5.74) is -0.258. The molecule has 14 heavy (non-hydrogen) atoms. The Bertz CT molecular complexity index is 301. The Balaban J connectivity index is 2.39. The van der Waals surface area contributed by atoms with E-state index in [1.165, 1.54) is 12.3 Å². The van der Waals surface area contributed by atoms with Gasteiger partial charge in [0.05, 0.1) is 0 Å². The fourth-order valence-corrected chi connectivity index (χ4v) is 0.749. The van der Waals surface area contributed by atoms with Crippen LogP contribution in [0.1, 0.15) is 20.8 Å². The van der Waals surface area contributed by atoms with Crippen LogP contribution in [0, 0.1) is 5.95 Å². The normalized spacial score (nSPS) is 11.1. The number of pyridine rings is 1. The Kier molecular flexibility index (Phi) is 3.46. The quantitative estimate of drug-likeness (QED) is 0.545. The van der Waals surface area contributed by atoms with Crippen molar-refractivity contribution in [3.8, 4) is 5.75 Å². The Labute approximate surface area is 83.6 Å². The first-order valence-corrected chi connectivity index (χ1v) is 4.36. The Morgan fingerprint density at radius 3 is 2.71 bits per heavy atom. The number of halogens is 1. The molecule has 0 aliphatic heterocycles. The van der Waals surface area contributed by atoms with Crippen molar-refractivity contribution >= 4 is 7.69 Å². The third-order valence-corrected chi connectivity index (χ3v) is 1.42. The van der Waals surface area contributed by atoms with Gasteiger partial charge in [0.25, 0.3) is 0 Å². The zero-order valence-corrected chi connectivity index (χ0v) is 8.58. The molecule has 5 heteroatoms. The smallest absolute Gasteiger partial charge is 0.507 e. The summed E-state index contributed by atoms with van der Waals surface area (Å²) in [5, 5.41) is 0. The third-order valence-electron chi connectivity index (χ3n) is 1.42. The lowest BCUT2D eigenvalue weighted by Gasteiger charge is -2.19. The van der Waals surface area contributed by atoms with E-state index in [0.717, 1.165) is 0 Å². The fraction of sp³-hybridized carbons (Fsp3) is 0.444. The molecule has 0 atom stereocenters. The van der Waals surface area contributed by atoms with Crippen molar-refractivity contribution in [2.24, 2.45) is 0 Å². The van der Waals surface area contributed by atoms with Gasteiger partial charge in [-0.3, -0.25) is 0 Å². The fourth-order valence-electron chi connectivity index (χ4n) is 0.749. The minimum atomic E-state index is -0.557. The van der Waals surface area contributed by atoms with Crippen molar-refractivity contribution < 1.29 is 13.7 Å². The van der Waals surface area contributed by atoms with Gasteiger partial charge >= 0.3 is 7.69 Å². The van der Waals surface area contributed by atoms with Gasteiger partial charge in [-0.1, -0.05) is 0 Å². The van der Waals surface area contributed by atoms with Crippen LogP contribution >= 0.6 is 0 Å². The molecule has 76 valence electrons. The Morgan fingerprint density at radius 1 is 1.43 bits per heavy atom. The van der Waals surface area contributed by atoms with Crippen molar-refractivity contribution in [2.45, 2.75) is 26.4 Å². The van der Waals surface area contributed by atoms with Crippen molar-refractivity contribution in [3.63, 3.8) is 0 Å². The Hall–Kier alpha value is -1.10. The van der Waals surface area contributed by atoms with E-state index < -0.39 is 5.95 Å². The first kappa shape index (κ1) is 11.0. The third kappa shape index (κ3) is 4.23. The molecule has 3 nitrogen and oxygen atoms in total. The molecular formula is C9H13BFNO2. The molecule has 1 heterocycles. The van der Waals surface area contributed by atoms with Gasteiger partial charge in [0.2, 0.25) is 5.95 Å². The van der Waals surface area contributed by atoms with Gasteiger partial charge in [-0.15, -0.1) is 0 Å². The summed E-state index contributed by atoms with van der Waals surface area (Å²) >= 11 is 0. The molecule has 0 bridgehead atoms. The van der Waals surface area contributed by atoms with Crippen LogP contribution < -0.4 is 4.65 Å². The number of aromatic nitrogens is 1. The predicted octanol–water partition coefficient (Wildman–Crippen LogP) is 1.68. The number of nitrogens with zero attached hydrogens (tertiary/aromatic N) is 1. The van der Waals surface area contributed by atoms with Gasteiger partial charge < -0.3 is 9.31 Å². The lowest BCUT2D eigenvalue weighted by molar-refractivity contribution is 0.118. The van der Waals surface area contributed by atoms with E-state index in [1.54, 1.807) is 6.07 Å². The molecule has 0 saturated carbocycles. The summed E-state index contributed by atoms with van der Waals surface area (Å²) < 4.78 is 23.1. The molecular weight excluding hydrogens is 184 g/mol. The zero-order chi connectivity index (χ0) is 10.6. The first-order chi connectivity index (χ1) is 6.47. The van der Waals surface area contributed by atoms with E-state index >= 15 is 0 Å². The second kappa shape index (κ2) is 4.42. The van der Waals surface area contributed by atoms with E-state index in [0.29, 0.717) is 5.75 Å². The monoisotopic (exact) mass is 197 g/mol.